The third-order valence-corrected chi connectivity index (χ3v) is 2.86. The highest BCUT2D eigenvalue weighted by molar-refractivity contribution is 7.19. The normalized spacial score (nSPS) is 12.5. The molecule has 2 N–H and O–H groups in total. The lowest BCUT2D eigenvalue weighted by Crippen LogP contribution is -2.18. The summed E-state index contributed by atoms with van der Waals surface area (Å²) in [6.45, 7) is 3.62. The van der Waals surface area contributed by atoms with E-state index in [2.05, 4.69) is 5.32 Å². The summed E-state index contributed by atoms with van der Waals surface area (Å²) < 4.78 is 0. The van der Waals surface area contributed by atoms with E-state index in [1.54, 1.807) is 6.92 Å². The van der Waals surface area contributed by atoms with E-state index in [0.29, 0.717) is 0 Å². The number of nitro groups is 1. The van der Waals surface area contributed by atoms with E-state index < -0.39 is 4.92 Å². The molecule has 1 aromatic heterocycles. The molecular formula is C8H12N2O3S. The molecule has 0 fully saturated rings. The first-order valence-electron chi connectivity index (χ1n) is 4.16. The Bertz CT molecular complexity index is 337. The topological polar surface area (TPSA) is 75.4 Å². The molecule has 0 saturated carbocycles. The second-order valence-electron chi connectivity index (χ2n) is 3.08. The van der Waals surface area contributed by atoms with Crippen molar-refractivity contribution >= 4 is 21.3 Å². The number of aliphatic hydroxyl groups excluding tert-OH is 1. The maximum Gasteiger partial charge on any atom is 0.326 e. The first-order chi connectivity index (χ1) is 6.54. The third kappa shape index (κ3) is 2.43. The van der Waals surface area contributed by atoms with Gasteiger partial charge in [-0.3, -0.25) is 10.1 Å². The lowest BCUT2D eigenvalue weighted by atomic mass is 10.3. The van der Waals surface area contributed by atoms with E-state index in [-0.39, 0.29) is 17.6 Å². The largest absolute Gasteiger partial charge is 0.394 e. The number of nitrogens with zero attached hydrogens (tertiary/aromatic N) is 1. The Morgan fingerprint density at radius 2 is 2.43 bits per heavy atom. The fourth-order valence-corrected chi connectivity index (χ4v) is 1.97. The van der Waals surface area contributed by atoms with Crippen molar-refractivity contribution in [1.82, 2.24) is 0 Å². The van der Waals surface area contributed by atoms with Crippen LogP contribution in [0.2, 0.25) is 0 Å². The van der Waals surface area contributed by atoms with Gasteiger partial charge in [0.1, 0.15) is 0 Å². The van der Waals surface area contributed by atoms with Crippen LogP contribution in [0.1, 0.15) is 12.5 Å². The zero-order valence-corrected chi connectivity index (χ0v) is 8.80. The predicted molar refractivity (Wildman–Crippen MR) is 55.9 cm³/mol. The summed E-state index contributed by atoms with van der Waals surface area (Å²) in [5.74, 6) is 0. The quantitative estimate of drug-likeness (QED) is 0.594. The Labute approximate surface area is 85.5 Å². The molecule has 78 valence electrons. The van der Waals surface area contributed by atoms with Crippen molar-refractivity contribution in [2.75, 3.05) is 11.9 Å². The zero-order valence-electron chi connectivity index (χ0n) is 7.98. The van der Waals surface area contributed by atoms with Crippen molar-refractivity contribution in [3.8, 4) is 0 Å². The van der Waals surface area contributed by atoms with Gasteiger partial charge in [-0.15, -0.1) is 0 Å². The fourth-order valence-electron chi connectivity index (χ4n) is 0.968. The van der Waals surface area contributed by atoms with Crippen molar-refractivity contribution in [2.24, 2.45) is 0 Å². The SMILES string of the molecule is Cc1cc([N+](=O)[O-])sc1NC(C)CO. The lowest BCUT2D eigenvalue weighted by molar-refractivity contribution is -0.380. The monoisotopic (exact) mass is 216 g/mol. The fraction of sp³-hybridized carbons (Fsp3) is 0.500. The molecule has 0 saturated heterocycles. The van der Waals surface area contributed by atoms with Crippen molar-refractivity contribution in [3.05, 3.63) is 21.7 Å². The highest BCUT2D eigenvalue weighted by Crippen LogP contribution is 2.33. The van der Waals surface area contributed by atoms with E-state index in [1.807, 2.05) is 6.92 Å². The highest BCUT2D eigenvalue weighted by atomic mass is 32.1. The summed E-state index contributed by atoms with van der Waals surface area (Å²) in [6.07, 6.45) is 0. The molecule has 0 amide bonds. The smallest absolute Gasteiger partial charge is 0.326 e. The summed E-state index contributed by atoms with van der Waals surface area (Å²) in [7, 11) is 0. The first kappa shape index (κ1) is 10.9. The van der Waals surface area contributed by atoms with Crippen LogP contribution >= 0.6 is 11.3 Å². The summed E-state index contributed by atoms with van der Waals surface area (Å²) in [5.41, 5.74) is 0.835. The number of aryl methyl sites for hydroxylation is 1. The molecule has 14 heavy (non-hydrogen) atoms. The van der Waals surface area contributed by atoms with E-state index in [9.17, 15) is 10.1 Å². The molecular weight excluding hydrogens is 204 g/mol. The van der Waals surface area contributed by atoms with Crippen LogP contribution in [-0.4, -0.2) is 22.7 Å². The van der Waals surface area contributed by atoms with E-state index in [1.165, 1.54) is 6.07 Å². The van der Waals surface area contributed by atoms with Crippen LogP contribution in [0.25, 0.3) is 0 Å². The number of hydrogen-bond donors (Lipinski definition) is 2. The Morgan fingerprint density at radius 3 is 2.86 bits per heavy atom. The molecule has 5 nitrogen and oxygen atoms in total. The molecule has 0 bridgehead atoms. The van der Waals surface area contributed by atoms with Gasteiger partial charge in [-0.1, -0.05) is 0 Å². The molecule has 1 unspecified atom stereocenters. The molecule has 0 aromatic carbocycles. The maximum atomic E-state index is 10.5. The lowest BCUT2D eigenvalue weighted by Gasteiger charge is -2.10. The van der Waals surface area contributed by atoms with Crippen LogP contribution in [0.3, 0.4) is 0 Å². The maximum absolute atomic E-state index is 10.5. The summed E-state index contributed by atoms with van der Waals surface area (Å²) >= 11 is 1.09. The van der Waals surface area contributed by atoms with Crippen LogP contribution < -0.4 is 5.32 Å². The summed E-state index contributed by atoms with van der Waals surface area (Å²) in [4.78, 5) is 10.1. The number of anilines is 1. The average molecular weight is 216 g/mol. The molecule has 1 rings (SSSR count). The van der Waals surface area contributed by atoms with Gasteiger partial charge in [0.15, 0.2) is 0 Å². The van der Waals surface area contributed by atoms with Crippen molar-refractivity contribution in [1.29, 1.82) is 0 Å². The van der Waals surface area contributed by atoms with Gasteiger partial charge in [0.2, 0.25) is 0 Å². The van der Waals surface area contributed by atoms with Crippen LogP contribution in [0.15, 0.2) is 6.07 Å². The van der Waals surface area contributed by atoms with Gasteiger partial charge in [0.05, 0.1) is 16.5 Å². The first-order valence-corrected chi connectivity index (χ1v) is 4.98. The molecule has 1 atom stereocenters. The predicted octanol–water partition coefficient (Wildman–Crippen LogP) is 1.76. The van der Waals surface area contributed by atoms with Crippen LogP contribution in [-0.2, 0) is 0 Å². The third-order valence-electron chi connectivity index (χ3n) is 1.74. The summed E-state index contributed by atoms with van der Waals surface area (Å²) in [6, 6.07) is 1.43. The van der Waals surface area contributed by atoms with E-state index >= 15 is 0 Å². The van der Waals surface area contributed by atoms with Gasteiger partial charge in [-0.25, -0.2) is 0 Å². The number of rotatable bonds is 4. The molecule has 0 aliphatic carbocycles. The number of hydrogen-bond acceptors (Lipinski definition) is 5. The van der Waals surface area contributed by atoms with Crippen LogP contribution in [0, 0.1) is 17.0 Å². The molecule has 0 radical (unpaired) electrons. The minimum Gasteiger partial charge on any atom is -0.394 e. The Balaban J connectivity index is 2.82. The van der Waals surface area contributed by atoms with Gasteiger partial charge in [0.25, 0.3) is 0 Å². The number of thiophene rings is 1. The van der Waals surface area contributed by atoms with Crippen LogP contribution in [0.5, 0.6) is 0 Å². The van der Waals surface area contributed by atoms with Gasteiger partial charge >= 0.3 is 5.00 Å². The highest BCUT2D eigenvalue weighted by Gasteiger charge is 2.14. The average Bonchev–Trinajstić information content (AvgIpc) is 2.48. The Hall–Kier alpha value is -1.14. The number of aliphatic hydroxyl groups is 1. The minimum absolute atomic E-state index is 0.00510. The van der Waals surface area contributed by atoms with E-state index in [4.69, 9.17) is 5.11 Å². The molecule has 1 aromatic rings. The molecule has 6 heteroatoms. The van der Waals surface area contributed by atoms with Gasteiger partial charge in [-0.2, -0.15) is 0 Å². The van der Waals surface area contributed by atoms with E-state index in [0.717, 1.165) is 21.9 Å². The van der Waals surface area contributed by atoms with Crippen molar-refractivity contribution < 1.29 is 10.0 Å². The van der Waals surface area contributed by atoms with Crippen LogP contribution in [0.4, 0.5) is 10.0 Å². The second-order valence-corrected chi connectivity index (χ2v) is 4.11. The zero-order chi connectivity index (χ0) is 10.7. The standard InChI is InChI=1S/C8H12N2O3S/c1-5-3-7(10(12)13)14-8(5)9-6(2)4-11/h3,6,9,11H,4H2,1-2H3. The van der Waals surface area contributed by atoms with Gasteiger partial charge in [-0.05, 0) is 30.7 Å². The van der Waals surface area contributed by atoms with Gasteiger partial charge in [0, 0.05) is 12.1 Å². The molecule has 0 aliphatic rings. The Kier molecular flexibility index (Phi) is 3.43. The minimum atomic E-state index is -0.410. The molecule has 0 aliphatic heterocycles. The van der Waals surface area contributed by atoms with Gasteiger partial charge < -0.3 is 10.4 Å². The summed E-state index contributed by atoms with van der Waals surface area (Å²) in [5, 5.41) is 23.1. The molecule has 0 spiro atoms. The second kappa shape index (κ2) is 4.39. The molecule has 1 heterocycles. The van der Waals surface area contributed by atoms with Crippen molar-refractivity contribution in [3.63, 3.8) is 0 Å². The number of nitrogens with one attached hydrogen (secondary N) is 1. The Morgan fingerprint density at radius 1 is 1.79 bits per heavy atom. The van der Waals surface area contributed by atoms with Crippen molar-refractivity contribution in [2.45, 2.75) is 19.9 Å².